The standard InChI is InChI=1S/C13H21F3N2O/c1-2-10(7-9-3-4-9)18-11(19)12(13(14,15)16)5-6-17-8-12/h9-10,17H,2-8H2,1H3,(H,18,19). The highest BCUT2D eigenvalue weighted by molar-refractivity contribution is 5.84. The number of nitrogens with one attached hydrogen (secondary N) is 2. The molecule has 0 aromatic carbocycles. The molecule has 1 heterocycles. The van der Waals surface area contributed by atoms with Gasteiger partial charge in [-0.3, -0.25) is 4.79 Å². The molecule has 0 spiro atoms. The first-order chi connectivity index (χ1) is 8.89. The van der Waals surface area contributed by atoms with Gasteiger partial charge in [0.15, 0.2) is 5.41 Å². The van der Waals surface area contributed by atoms with Crippen LogP contribution in [0.1, 0.15) is 39.0 Å². The van der Waals surface area contributed by atoms with Crippen molar-refractivity contribution in [2.75, 3.05) is 13.1 Å². The van der Waals surface area contributed by atoms with Gasteiger partial charge in [-0.05, 0) is 31.7 Å². The fourth-order valence-electron chi connectivity index (χ4n) is 2.66. The van der Waals surface area contributed by atoms with E-state index in [4.69, 9.17) is 0 Å². The molecule has 1 saturated heterocycles. The van der Waals surface area contributed by atoms with Crippen molar-refractivity contribution >= 4 is 5.91 Å². The molecule has 110 valence electrons. The zero-order chi connectivity index (χ0) is 14.1. The van der Waals surface area contributed by atoms with Crippen LogP contribution in [0.2, 0.25) is 0 Å². The Morgan fingerprint density at radius 3 is 2.58 bits per heavy atom. The smallest absolute Gasteiger partial charge is 0.353 e. The van der Waals surface area contributed by atoms with E-state index in [1.54, 1.807) is 0 Å². The highest BCUT2D eigenvalue weighted by atomic mass is 19.4. The van der Waals surface area contributed by atoms with Crippen molar-refractivity contribution in [1.82, 2.24) is 10.6 Å². The molecule has 0 aromatic heterocycles. The van der Waals surface area contributed by atoms with E-state index in [9.17, 15) is 18.0 Å². The molecule has 3 nitrogen and oxygen atoms in total. The van der Waals surface area contributed by atoms with Gasteiger partial charge in [0, 0.05) is 12.6 Å². The Morgan fingerprint density at radius 1 is 1.47 bits per heavy atom. The lowest BCUT2D eigenvalue weighted by molar-refractivity contribution is -0.216. The maximum atomic E-state index is 13.2. The van der Waals surface area contributed by atoms with E-state index in [2.05, 4.69) is 10.6 Å². The maximum Gasteiger partial charge on any atom is 0.404 e. The number of alkyl halides is 3. The maximum absolute atomic E-state index is 13.2. The van der Waals surface area contributed by atoms with Crippen molar-refractivity contribution < 1.29 is 18.0 Å². The summed E-state index contributed by atoms with van der Waals surface area (Å²) in [6.07, 6.45) is -0.884. The average Bonchev–Trinajstić information content (AvgIpc) is 2.98. The Kier molecular flexibility index (Phi) is 4.08. The van der Waals surface area contributed by atoms with Crippen LogP contribution >= 0.6 is 0 Å². The molecule has 1 amide bonds. The molecular weight excluding hydrogens is 257 g/mol. The largest absolute Gasteiger partial charge is 0.404 e. The third-order valence-corrected chi connectivity index (χ3v) is 4.28. The molecule has 1 saturated carbocycles. The second-order valence-corrected chi connectivity index (χ2v) is 5.76. The van der Waals surface area contributed by atoms with Gasteiger partial charge in [0.25, 0.3) is 0 Å². The quantitative estimate of drug-likeness (QED) is 0.809. The van der Waals surface area contributed by atoms with Crippen LogP contribution in [0.15, 0.2) is 0 Å². The fourth-order valence-corrected chi connectivity index (χ4v) is 2.66. The third kappa shape index (κ3) is 3.04. The van der Waals surface area contributed by atoms with E-state index in [-0.39, 0.29) is 25.6 Å². The van der Waals surface area contributed by atoms with Crippen LogP contribution in [0.4, 0.5) is 13.2 Å². The topological polar surface area (TPSA) is 41.1 Å². The van der Waals surface area contributed by atoms with Crippen LogP contribution in [-0.4, -0.2) is 31.2 Å². The van der Waals surface area contributed by atoms with Crippen LogP contribution < -0.4 is 10.6 Å². The van der Waals surface area contributed by atoms with E-state index < -0.39 is 17.5 Å². The zero-order valence-electron chi connectivity index (χ0n) is 11.1. The Labute approximate surface area is 111 Å². The molecule has 2 rings (SSSR count). The summed E-state index contributed by atoms with van der Waals surface area (Å²) in [7, 11) is 0. The molecule has 19 heavy (non-hydrogen) atoms. The Balaban J connectivity index is 2.02. The first kappa shape index (κ1) is 14.6. The van der Waals surface area contributed by atoms with E-state index in [0.29, 0.717) is 12.3 Å². The number of carbonyl (C=O) groups is 1. The van der Waals surface area contributed by atoms with Gasteiger partial charge >= 0.3 is 6.18 Å². The second-order valence-electron chi connectivity index (χ2n) is 5.76. The molecule has 0 radical (unpaired) electrons. The number of rotatable bonds is 5. The Hall–Kier alpha value is -0.780. The normalized spacial score (nSPS) is 29.3. The summed E-state index contributed by atoms with van der Waals surface area (Å²) >= 11 is 0. The number of carbonyl (C=O) groups excluding carboxylic acids is 1. The molecule has 0 bridgehead atoms. The SMILES string of the molecule is CCC(CC1CC1)NC(=O)C1(C(F)(F)F)CCNC1. The second kappa shape index (κ2) is 5.31. The first-order valence-electron chi connectivity index (χ1n) is 6.97. The van der Waals surface area contributed by atoms with E-state index in [1.807, 2.05) is 6.92 Å². The fraction of sp³-hybridized carbons (Fsp3) is 0.923. The molecule has 2 aliphatic rings. The lowest BCUT2D eigenvalue weighted by Crippen LogP contribution is -2.54. The van der Waals surface area contributed by atoms with Crippen molar-refractivity contribution in [2.24, 2.45) is 11.3 Å². The predicted molar refractivity (Wildman–Crippen MR) is 65.5 cm³/mol. The Morgan fingerprint density at radius 2 is 2.16 bits per heavy atom. The summed E-state index contributed by atoms with van der Waals surface area (Å²) in [4.78, 5) is 12.1. The van der Waals surface area contributed by atoms with Crippen molar-refractivity contribution in [2.45, 2.75) is 51.2 Å². The monoisotopic (exact) mass is 278 g/mol. The van der Waals surface area contributed by atoms with Crippen LogP contribution in [0, 0.1) is 11.3 Å². The molecule has 2 N–H and O–H groups in total. The minimum Gasteiger partial charge on any atom is -0.353 e. The molecule has 6 heteroatoms. The predicted octanol–water partition coefficient (Wildman–Crippen LogP) is 2.22. The Bertz CT molecular complexity index is 333. The summed E-state index contributed by atoms with van der Waals surface area (Å²) in [5.74, 6) is -0.258. The van der Waals surface area contributed by atoms with E-state index >= 15 is 0 Å². The molecule has 2 fully saturated rings. The summed E-state index contributed by atoms with van der Waals surface area (Å²) < 4.78 is 39.6. The lowest BCUT2D eigenvalue weighted by atomic mass is 9.84. The van der Waals surface area contributed by atoms with Crippen LogP contribution in [0.3, 0.4) is 0 Å². The van der Waals surface area contributed by atoms with Crippen LogP contribution in [0.5, 0.6) is 0 Å². The van der Waals surface area contributed by atoms with Gasteiger partial charge in [-0.15, -0.1) is 0 Å². The zero-order valence-corrected chi connectivity index (χ0v) is 11.1. The minimum absolute atomic E-state index is 0.125. The average molecular weight is 278 g/mol. The molecule has 1 aliphatic heterocycles. The van der Waals surface area contributed by atoms with Crippen molar-refractivity contribution in [3.8, 4) is 0 Å². The number of halogens is 3. The highest BCUT2D eigenvalue weighted by Crippen LogP contribution is 2.43. The minimum atomic E-state index is -4.49. The van der Waals surface area contributed by atoms with Gasteiger partial charge in [-0.25, -0.2) is 0 Å². The summed E-state index contributed by atoms with van der Waals surface area (Å²) in [5.41, 5.74) is -2.23. The number of hydrogen-bond donors (Lipinski definition) is 2. The molecule has 1 aliphatic carbocycles. The van der Waals surface area contributed by atoms with Gasteiger partial charge in [0.1, 0.15) is 0 Å². The lowest BCUT2D eigenvalue weighted by Gasteiger charge is -2.31. The van der Waals surface area contributed by atoms with Gasteiger partial charge in [0.2, 0.25) is 5.91 Å². The summed E-state index contributed by atoms with van der Waals surface area (Å²) in [6, 6.07) is -0.125. The molecule has 0 aromatic rings. The van der Waals surface area contributed by atoms with Gasteiger partial charge in [-0.1, -0.05) is 19.8 Å². The molecule has 2 atom stereocenters. The van der Waals surface area contributed by atoms with Crippen molar-refractivity contribution in [1.29, 1.82) is 0 Å². The first-order valence-corrected chi connectivity index (χ1v) is 6.97. The molecule has 2 unspecified atom stereocenters. The van der Waals surface area contributed by atoms with Gasteiger partial charge in [-0.2, -0.15) is 13.2 Å². The van der Waals surface area contributed by atoms with Crippen molar-refractivity contribution in [3.05, 3.63) is 0 Å². The third-order valence-electron chi connectivity index (χ3n) is 4.28. The van der Waals surface area contributed by atoms with Gasteiger partial charge < -0.3 is 10.6 Å². The summed E-state index contributed by atoms with van der Waals surface area (Å²) in [6.45, 7) is 1.84. The van der Waals surface area contributed by atoms with E-state index in [0.717, 1.165) is 19.3 Å². The van der Waals surface area contributed by atoms with Gasteiger partial charge in [0.05, 0.1) is 0 Å². The highest BCUT2D eigenvalue weighted by Gasteiger charge is 2.61. The van der Waals surface area contributed by atoms with E-state index in [1.165, 1.54) is 0 Å². The number of amides is 1. The summed E-state index contributed by atoms with van der Waals surface area (Å²) in [5, 5.41) is 5.29. The van der Waals surface area contributed by atoms with Crippen molar-refractivity contribution in [3.63, 3.8) is 0 Å². The molecular formula is C13H21F3N2O. The van der Waals surface area contributed by atoms with Crippen LogP contribution in [-0.2, 0) is 4.79 Å². The number of hydrogen-bond acceptors (Lipinski definition) is 2. The van der Waals surface area contributed by atoms with Crippen LogP contribution in [0.25, 0.3) is 0 Å².